The van der Waals surface area contributed by atoms with Crippen LogP contribution < -0.4 is 5.32 Å². The molecular weight excluding hydrogens is 376 g/mol. The first kappa shape index (κ1) is 20.8. The lowest BCUT2D eigenvalue weighted by Gasteiger charge is -2.26. The number of carbonyl (C=O) groups excluding carboxylic acids is 3. The zero-order valence-electron chi connectivity index (χ0n) is 16.8. The fourth-order valence-corrected chi connectivity index (χ4v) is 5.24. The van der Waals surface area contributed by atoms with E-state index in [2.05, 4.69) is 5.32 Å². The van der Waals surface area contributed by atoms with Crippen molar-refractivity contribution in [1.29, 1.82) is 0 Å². The average molecular weight is 407 g/mol. The SMILES string of the molecule is CCOC(=O)c1c(NC(=O)C2CCCCC2)sc(C(=O)N2CCCCC2)c1C. The number of rotatable bonds is 5. The van der Waals surface area contributed by atoms with E-state index in [0.717, 1.165) is 58.0 Å². The van der Waals surface area contributed by atoms with Gasteiger partial charge >= 0.3 is 5.97 Å². The van der Waals surface area contributed by atoms with Crippen LogP contribution in [-0.2, 0) is 9.53 Å². The number of esters is 1. The third-order valence-electron chi connectivity index (χ3n) is 5.68. The Bertz CT molecular complexity index is 731. The van der Waals surface area contributed by atoms with Gasteiger partial charge in [0.1, 0.15) is 5.00 Å². The number of nitrogens with zero attached hydrogens (tertiary/aromatic N) is 1. The van der Waals surface area contributed by atoms with Gasteiger partial charge in [0.2, 0.25) is 5.91 Å². The zero-order valence-corrected chi connectivity index (χ0v) is 17.7. The second-order valence-corrected chi connectivity index (χ2v) is 8.68. The predicted molar refractivity (Wildman–Crippen MR) is 110 cm³/mol. The van der Waals surface area contributed by atoms with Gasteiger partial charge in [-0.3, -0.25) is 9.59 Å². The molecule has 1 saturated heterocycles. The molecule has 0 radical (unpaired) electrons. The first-order chi connectivity index (χ1) is 13.5. The average Bonchev–Trinajstić information content (AvgIpc) is 3.04. The van der Waals surface area contributed by atoms with Crippen molar-refractivity contribution in [3.8, 4) is 0 Å². The summed E-state index contributed by atoms with van der Waals surface area (Å²) in [6.07, 6.45) is 8.21. The summed E-state index contributed by atoms with van der Waals surface area (Å²) in [5.41, 5.74) is 0.939. The molecule has 28 heavy (non-hydrogen) atoms. The van der Waals surface area contributed by atoms with Crippen LogP contribution in [0.5, 0.6) is 0 Å². The summed E-state index contributed by atoms with van der Waals surface area (Å²) in [5.74, 6) is -0.602. The third-order valence-corrected chi connectivity index (χ3v) is 6.87. The lowest BCUT2D eigenvalue weighted by atomic mass is 9.89. The number of likely N-dealkylation sites (tertiary alicyclic amines) is 1. The van der Waals surface area contributed by atoms with Gasteiger partial charge in [0.05, 0.1) is 17.0 Å². The van der Waals surface area contributed by atoms with E-state index in [-0.39, 0.29) is 24.3 Å². The zero-order chi connectivity index (χ0) is 20.1. The maximum Gasteiger partial charge on any atom is 0.341 e. The van der Waals surface area contributed by atoms with E-state index in [9.17, 15) is 14.4 Å². The van der Waals surface area contributed by atoms with Crippen molar-refractivity contribution in [2.24, 2.45) is 5.92 Å². The second-order valence-electron chi connectivity index (χ2n) is 7.66. The Balaban J connectivity index is 1.87. The highest BCUT2D eigenvalue weighted by molar-refractivity contribution is 7.18. The fourth-order valence-electron chi connectivity index (χ4n) is 4.07. The van der Waals surface area contributed by atoms with Gasteiger partial charge in [-0.15, -0.1) is 11.3 Å². The summed E-state index contributed by atoms with van der Waals surface area (Å²) in [7, 11) is 0. The first-order valence-electron chi connectivity index (χ1n) is 10.4. The lowest BCUT2D eigenvalue weighted by molar-refractivity contribution is -0.120. The molecule has 154 valence electrons. The molecule has 0 bridgehead atoms. The van der Waals surface area contributed by atoms with Gasteiger partial charge < -0.3 is 15.0 Å². The highest BCUT2D eigenvalue weighted by atomic mass is 32.1. The minimum atomic E-state index is -0.479. The normalized spacial score (nSPS) is 18.0. The number of nitrogens with one attached hydrogen (secondary N) is 1. The molecule has 6 nitrogen and oxygen atoms in total. The van der Waals surface area contributed by atoms with E-state index in [1.54, 1.807) is 13.8 Å². The highest BCUT2D eigenvalue weighted by Gasteiger charge is 2.30. The number of carbonyl (C=O) groups is 3. The first-order valence-corrected chi connectivity index (χ1v) is 11.2. The van der Waals surface area contributed by atoms with Crippen molar-refractivity contribution < 1.29 is 19.1 Å². The molecule has 2 heterocycles. The van der Waals surface area contributed by atoms with E-state index in [4.69, 9.17) is 4.74 Å². The number of thiophene rings is 1. The molecule has 0 spiro atoms. The Kier molecular flexibility index (Phi) is 7.10. The smallest absolute Gasteiger partial charge is 0.341 e. The van der Waals surface area contributed by atoms with Crippen LogP contribution in [0.2, 0.25) is 0 Å². The Morgan fingerprint density at radius 2 is 1.71 bits per heavy atom. The van der Waals surface area contributed by atoms with Crippen LogP contribution in [0.3, 0.4) is 0 Å². The molecule has 0 aromatic carbocycles. The molecule has 0 atom stereocenters. The van der Waals surface area contributed by atoms with E-state index < -0.39 is 5.97 Å². The molecule has 0 unspecified atom stereocenters. The maximum atomic E-state index is 13.0. The molecule has 3 rings (SSSR count). The fraction of sp³-hybridized carbons (Fsp3) is 0.667. The molecule has 1 aromatic heterocycles. The molecular formula is C21H30N2O4S. The van der Waals surface area contributed by atoms with Crippen molar-refractivity contribution in [2.45, 2.75) is 65.2 Å². The van der Waals surface area contributed by atoms with Crippen LogP contribution in [0.25, 0.3) is 0 Å². The largest absolute Gasteiger partial charge is 0.462 e. The summed E-state index contributed by atoms with van der Waals surface area (Å²) < 4.78 is 5.21. The topological polar surface area (TPSA) is 75.7 Å². The van der Waals surface area contributed by atoms with Gasteiger partial charge in [-0.25, -0.2) is 4.79 Å². The van der Waals surface area contributed by atoms with Crippen LogP contribution in [0.1, 0.15) is 83.9 Å². The lowest BCUT2D eigenvalue weighted by Crippen LogP contribution is -2.35. The molecule has 7 heteroatoms. The molecule has 1 saturated carbocycles. The van der Waals surface area contributed by atoms with E-state index in [1.165, 1.54) is 17.8 Å². The van der Waals surface area contributed by atoms with Gasteiger partial charge in [-0.1, -0.05) is 19.3 Å². The standard InChI is InChI=1S/C21H30N2O4S/c1-3-27-21(26)16-14(2)17(20(25)23-12-8-5-9-13-23)28-19(16)22-18(24)15-10-6-4-7-11-15/h15H,3-13H2,1-2H3,(H,22,24). The summed E-state index contributed by atoms with van der Waals surface area (Å²) in [6, 6.07) is 0. The minimum Gasteiger partial charge on any atom is -0.462 e. The molecule has 1 N–H and O–H groups in total. The highest BCUT2D eigenvalue weighted by Crippen LogP contribution is 2.36. The monoisotopic (exact) mass is 406 g/mol. The van der Waals surface area contributed by atoms with Crippen molar-refractivity contribution in [3.05, 3.63) is 16.0 Å². The Morgan fingerprint density at radius 1 is 1.07 bits per heavy atom. The summed E-state index contributed by atoms with van der Waals surface area (Å²) >= 11 is 1.21. The Morgan fingerprint density at radius 3 is 2.36 bits per heavy atom. The van der Waals surface area contributed by atoms with E-state index >= 15 is 0 Å². The van der Waals surface area contributed by atoms with Crippen molar-refractivity contribution in [1.82, 2.24) is 4.90 Å². The maximum absolute atomic E-state index is 13.0. The third kappa shape index (κ3) is 4.57. The number of piperidine rings is 1. The number of amides is 2. The Hall–Kier alpha value is -1.89. The summed E-state index contributed by atoms with van der Waals surface area (Å²) in [6.45, 7) is 5.26. The van der Waals surface area contributed by atoms with E-state index in [1.807, 2.05) is 4.90 Å². The van der Waals surface area contributed by atoms with E-state index in [0.29, 0.717) is 21.0 Å². The molecule has 1 aliphatic carbocycles. The van der Waals surface area contributed by atoms with Crippen LogP contribution >= 0.6 is 11.3 Å². The van der Waals surface area contributed by atoms with Gasteiger partial charge in [0, 0.05) is 19.0 Å². The molecule has 1 aromatic rings. The van der Waals surface area contributed by atoms with Crippen LogP contribution in [-0.4, -0.2) is 42.4 Å². The second kappa shape index (κ2) is 9.54. The molecule has 2 fully saturated rings. The molecule has 2 aliphatic rings. The Labute approximate surface area is 170 Å². The number of hydrogen-bond donors (Lipinski definition) is 1. The molecule has 1 aliphatic heterocycles. The van der Waals surface area contributed by atoms with Crippen LogP contribution in [0, 0.1) is 12.8 Å². The summed E-state index contributed by atoms with van der Waals surface area (Å²) in [4.78, 5) is 40.7. The number of ether oxygens (including phenoxy) is 1. The number of anilines is 1. The minimum absolute atomic E-state index is 0.0209. The van der Waals surface area contributed by atoms with Gasteiger partial charge in [0.15, 0.2) is 0 Å². The van der Waals surface area contributed by atoms with Crippen molar-refractivity contribution >= 4 is 34.1 Å². The van der Waals surface area contributed by atoms with Gasteiger partial charge in [0.25, 0.3) is 5.91 Å². The molecule has 2 amide bonds. The predicted octanol–water partition coefficient (Wildman–Crippen LogP) is 4.38. The quantitative estimate of drug-likeness (QED) is 0.737. The van der Waals surface area contributed by atoms with Gasteiger partial charge in [-0.2, -0.15) is 0 Å². The van der Waals surface area contributed by atoms with Crippen molar-refractivity contribution in [2.75, 3.05) is 25.0 Å². The van der Waals surface area contributed by atoms with Gasteiger partial charge in [-0.05, 0) is 51.5 Å². The number of hydrogen-bond acceptors (Lipinski definition) is 5. The van der Waals surface area contributed by atoms with Crippen LogP contribution in [0.15, 0.2) is 0 Å². The summed E-state index contributed by atoms with van der Waals surface area (Å²) in [5, 5.41) is 3.40. The van der Waals surface area contributed by atoms with Crippen molar-refractivity contribution in [3.63, 3.8) is 0 Å². The van der Waals surface area contributed by atoms with Crippen LogP contribution in [0.4, 0.5) is 5.00 Å².